The molecular formula is C25H29F3. The van der Waals surface area contributed by atoms with Gasteiger partial charge in [0.05, 0.1) is 0 Å². The van der Waals surface area contributed by atoms with Crippen molar-refractivity contribution in [3.8, 4) is 11.1 Å². The highest BCUT2D eigenvalue weighted by Gasteiger charge is 2.49. The van der Waals surface area contributed by atoms with E-state index in [1.54, 1.807) is 0 Å². The molecule has 2 aromatic rings. The fourth-order valence-corrected chi connectivity index (χ4v) is 5.59. The van der Waals surface area contributed by atoms with Crippen LogP contribution in [-0.2, 0) is 5.41 Å². The maximum atomic E-state index is 15.1. The predicted molar refractivity (Wildman–Crippen MR) is 108 cm³/mol. The first-order valence-electron chi connectivity index (χ1n) is 10.7. The van der Waals surface area contributed by atoms with Crippen molar-refractivity contribution in [2.45, 2.75) is 76.5 Å². The van der Waals surface area contributed by atoms with E-state index in [9.17, 15) is 8.78 Å². The van der Waals surface area contributed by atoms with Gasteiger partial charge in [0, 0.05) is 0 Å². The molecule has 3 saturated carbocycles. The zero-order chi connectivity index (χ0) is 19.8. The summed E-state index contributed by atoms with van der Waals surface area (Å²) in [5.41, 5.74) is 2.38. The molecule has 0 amide bonds. The van der Waals surface area contributed by atoms with E-state index in [4.69, 9.17) is 0 Å². The summed E-state index contributed by atoms with van der Waals surface area (Å²) >= 11 is 0. The quantitative estimate of drug-likeness (QED) is 0.442. The minimum atomic E-state index is -0.903. The van der Waals surface area contributed by atoms with Crippen molar-refractivity contribution < 1.29 is 13.2 Å². The van der Waals surface area contributed by atoms with Gasteiger partial charge in [-0.25, -0.2) is 13.2 Å². The lowest BCUT2D eigenvalue weighted by Crippen LogP contribution is -2.44. The molecule has 3 aliphatic carbocycles. The van der Waals surface area contributed by atoms with Crippen molar-refractivity contribution in [2.24, 2.45) is 5.41 Å². The molecule has 3 heteroatoms. The van der Waals surface area contributed by atoms with Crippen LogP contribution >= 0.6 is 0 Å². The molecule has 2 aromatic carbocycles. The summed E-state index contributed by atoms with van der Waals surface area (Å²) in [5, 5.41) is 0. The van der Waals surface area contributed by atoms with E-state index >= 15 is 4.39 Å². The molecule has 0 heterocycles. The highest BCUT2D eigenvalue weighted by molar-refractivity contribution is 5.64. The van der Waals surface area contributed by atoms with Gasteiger partial charge in [0.25, 0.3) is 0 Å². The molecule has 0 atom stereocenters. The zero-order valence-electron chi connectivity index (χ0n) is 16.7. The third kappa shape index (κ3) is 3.49. The number of hydrogen-bond acceptors (Lipinski definition) is 0. The third-order valence-corrected chi connectivity index (χ3v) is 7.51. The summed E-state index contributed by atoms with van der Waals surface area (Å²) in [5.74, 6) is -1.99. The maximum absolute atomic E-state index is 15.1. The van der Waals surface area contributed by atoms with E-state index in [0.717, 1.165) is 37.0 Å². The van der Waals surface area contributed by atoms with E-state index in [0.29, 0.717) is 16.5 Å². The van der Waals surface area contributed by atoms with Crippen LogP contribution < -0.4 is 0 Å². The molecule has 2 bridgehead atoms. The molecule has 0 N–H and O–H groups in total. The lowest BCUT2D eigenvalue weighted by molar-refractivity contribution is 0.0289. The van der Waals surface area contributed by atoms with Crippen LogP contribution in [0.4, 0.5) is 13.2 Å². The first-order chi connectivity index (χ1) is 13.5. The molecule has 5 rings (SSSR count). The van der Waals surface area contributed by atoms with Gasteiger partial charge in [-0.05, 0) is 90.7 Å². The van der Waals surface area contributed by atoms with Crippen LogP contribution in [0.15, 0.2) is 36.4 Å². The second-order valence-electron chi connectivity index (χ2n) is 9.06. The molecular weight excluding hydrogens is 357 g/mol. The number of rotatable bonds is 6. The molecule has 0 unspecified atom stereocenters. The smallest absolute Gasteiger partial charge is 0.159 e. The lowest BCUT2D eigenvalue weighted by Gasteiger charge is -2.54. The summed E-state index contributed by atoms with van der Waals surface area (Å²) in [6.45, 7) is 2.25. The highest BCUT2D eigenvalue weighted by atomic mass is 19.2. The van der Waals surface area contributed by atoms with Crippen LogP contribution in [-0.4, -0.2) is 0 Å². The minimum absolute atomic E-state index is 0.0385. The van der Waals surface area contributed by atoms with Crippen molar-refractivity contribution in [3.63, 3.8) is 0 Å². The Balaban J connectivity index is 1.54. The molecule has 28 heavy (non-hydrogen) atoms. The summed E-state index contributed by atoms with van der Waals surface area (Å²) in [7, 11) is 0. The number of hydrogen-bond donors (Lipinski definition) is 0. The zero-order valence-corrected chi connectivity index (χ0v) is 16.7. The monoisotopic (exact) mass is 386 g/mol. The number of halogens is 3. The standard InChI is InChI=1S/C25H29F3/c1-2-3-4-9-24-10-13-25(14-11-24,15-12-24)20-7-5-18(16-22(20)27)19-6-8-21(26)23(28)17-19/h5-8,16-17H,2-4,9-15H2,1H3. The average molecular weight is 387 g/mol. The topological polar surface area (TPSA) is 0 Å². The van der Waals surface area contributed by atoms with Crippen molar-refractivity contribution in [2.75, 3.05) is 0 Å². The van der Waals surface area contributed by atoms with Gasteiger partial charge in [-0.3, -0.25) is 0 Å². The maximum Gasteiger partial charge on any atom is 0.159 e. The molecule has 3 aliphatic rings. The van der Waals surface area contributed by atoms with E-state index in [2.05, 4.69) is 6.92 Å². The van der Waals surface area contributed by atoms with E-state index in [1.165, 1.54) is 57.1 Å². The normalized spacial score (nSPS) is 26.6. The first kappa shape index (κ1) is 19.5. The van der Waals surface area contributed by atoms with Crippen LogP contribution in [0.25, 0.3) is 11.1 Å². The van der Waals surface area contributed by atoms with E-state index < -0.39 is 11.6 Å². The Kier molecular flexibility index (Phi) is 5.28. The van der Waals surface area contributed by atoms with Gasteiger partial charge in [-0.2, -0.15) is 0 Å². The number of fused-ring (bicyclic) bond motifs is 3. The van der Waals surface area contributed by atoms with Gasteiger partial charge < -0.3 is 0 Å². The molecule has 3 fully saturated rings. The lowest BCUT2D eigenvalue weighted by atomic mass is 9.51. The highest BCUT2D eigenvalue weighted by Crippen LogP contribution is 2.59. The van der Waals surface area contributed by atoms with Crippen molar-refractivity contribution in [3.05, 3.63) is 59.4 Å². The van der Waals surface area contributed by atoms with Gasteiger partial charge in [0.1, 0.15) is 5.82 Å². The van der Waals surface area contributed by atoms with Gasteiger partial charge in [-0.15, -0.1) is 0 Å². The number of unbranched alkanes of at least 4 members (excludes halogenated alkanes) is 2. The summed E-state index contributed by atoms with van der Waals surface area (Å²) in [6, 6.07) is 8.97. The minimum Gasteiger partial charge on any atom is -0.207 e. The molecule has 0 saturated heterocycles. The third-order valence-electron chi connectivity index (χ3n) is 7.51. The van der Waals surface area contributed by atoms with Crippen LogP contribution in [0.1, 0.15) is 76.7 Å². The predicted octanol–water partition coefficient (Wildman–Crippen LogP) is 7.94. The first-order valence-corrected chi connectivity index (χ1v) is 10.7. The Bertz CT molecular complexity index is 830. The summed E-state index contributed by atoms with van der Waals surface area (Å²) < 4.78 is 41.8. The Morgan fingerprint density at radius 3 is 1.89 bits per heavy atom. The average Bonchev–Trinajstić information content (AvgIpc) is 2.71. The van der Waals surface area contributed by atoms with Crippen LogP contribution in [0.2, 0.25) is 0 Å². The largest absolute Gasteiger partial charge is 0.207 e. The summed E-state index contributed by atoms with van der Waals surface area (Å²) in [6.07, 6.45) is 12.1. The Labute approximate surface area is 166 Å². The fourth-order valence-electron chi connectivity index (χ4n) is 5.59. The van der Waals surface area contributed by atoms with Crippen molar-refractivity contribution >= 4 is 0 Å². The van der Waals surface area contributed by atoms with E-state index in [-0.39, 0.29) is 11.2 Å². The fraction of sp³-hybridized carbons (Fsp3) is 0.520. The second-order valence-corrected chi connectivity index (χ2v) is 9.06. The van der Waals surface area contributed by atoms with Gasteiger partial charge in [0.15, 0.2) is 11.6 Å². The molecule has 0 aliphatic heterocycles. The summed E-state index contributed by atoms with van der Waals surface area (Å²) in [4.78, 5) is 0. The van der Waals surface area contributed by atoms with Crippen molar-refractivity contribution in [1.29, 1.82) is 0 Å². The van der Waals surface area contributed by atoms with Gasteiger partial charge in [0.2, 0.25) is 0 Å². The Morgan fingerprint density at radius 1 is 0.714 bits per heavy atom. The molecule has 0 aromatic heterocycles. The van der Waals surface area contributed by atoms with E-state index in [1.807, 2.05) is 12.1 Å². The second kappa shape index (κ2) is 7.57. The van der Waals surface area contributed by atoms with Crippen LogP contribution in [0, 0.1) is 22.9 Å². The molecule has 0 spiro atoms. The Hall–Kier alpha value is -1.77. The Morgan fingerprint density at radius 2 is 1.32 bits per heavy atom. The molecule has 0 nitrogen and oxygen atoms in total. The number of benzene rings is 2. The van der Waals surface area contributed by atoms with Gasteiger partial charge in [-0.1, -0.05) is 44.4 Å². The van der Waals surface area contributed by atoms with Gasteiger partial charge >= 0.3 is 0 Å². The van der Waals surface area contributed by atoms with Crippen molar-refractivity contribution in [1.82, 2.24) is 0 Å². The van der Waals surface area contributed by atoms with Crippen LogP contribution in [0.3, 0.4) is 0 Å². The molecule has 0 radical (unpaired) electrons. The van der Waals surface area contributed by atoms with Crippen LogP contribution in [0.5, 0.6) is 0 Å². The SMILES string of the molecule is CCCCCC12CCC(c3ccc(-c4ccc(F)c(F)c4)cc3F)(CC1)CC2. The molecule has 150 valence electrons.